The molecule has 0 aliphatic heterocycles. The van der Waals surface area contributed by atoms with Crippen LogP contribution in [0.2, 0.25) is 0 Å². The molecule has 0 spiro atoms. The molecule has 0 aromatic carbocycles. The van der Waals surface area contributed by atoms with Gasteiger partial charge >= 0.3 is 0 Å². The van der Waals surface area contributed by atoms with Crippen LogP contribution in [0, 0.1) is 0 Å². The minimum Gasteiger partial charge on any atom is -0.316 e. The fourth-order valence-electron chi connectivity index (χ4n) is 1.27. The lowest BCUT2D eigenvalue weighted by Gasteiger charge is -2.00. The fourth-order valence-corrected chi connectivity index (χ4v) is 1.27. The highest BCUT2D eigenvalue weighted by atomic mass is 15.0. The normalized spacial score (nSPS) is 10.8. The highest BCUT2D eigenvalue weighted by molar-refractivity contribution is 5.45. The van der Waals surface area contributed by atoms with Gasteiger partial charge in [0.25, 0.3) is 0 Å². The van der Waals surface area contributed by atoms with Gasteiger partial charge in [-0.3, -0.25) is 0 Å². The Bertz CT molecular complexity index is 378. The molecular weight excluding hydrogens is 150 g/mol. The molecule has 3 heteroatoms. The molecule has 0 amide bonds. The molecule has 2 aromatic rings. The number of imidazole rings is 1. The molecule has 2 heterocycles. The minimum absolute atomic E-state index is 0.897. The highest BCUT2D eigenvalue weighted by Crippen LogP contribution is 2.04. The Morgan fingerprint density at radius 3 is 3.25 bits per heavy atom. The predicted molar refractivity (Wildman–Crippen MR) is 48.0 cm³/mol. The van der Waals surface area contributed by atoms with E-state index in [4.69, 9.17) is 0 Å². The van der Waals surface area contributed by atoms with E-state index in [1.54, 1.807) is 0 Å². The Kier molecular flexibility index (Phi) is 1.80. The molecule has 0 aliphatic carbocycles. The fraction of sp³-hybridized carbons (Fsp3) is 0.222. The van der Waals surface area contributed by atoms with E-state index in [9.17, 15) is 0 Å². The van der Waals surface area contributed by atoms with Crippen molar-refractivity contribution in [2.45, 2.75) is 6.54 Å². The van der Waals surface area contributed by atoms with Crippen LogP contribution in [0.1, 0.15) is 5.56 Å². The maximum atomic E-state index is 4.05. The molecule has 1 N–H and O–H groups in total. The largest absolute Gasteiger partial charge is 0.316 e. The van der Waals surface area contributed by atoms with Crippen molar-refractivity contribution in [1.82, 2.24) is 14.7 Å². The van der Waals surface area contributed by atoms with Crippen LogP contribution in [0.3, 0.4) is 0 Å². The summed E-state index contributed by atoms with van der Waals surface area (Å²) in [4.78, 5) is 4.05. The first kappa shape index (κ1) is 7.31. The van der Waals surface area contributed by atoms with E-state index >= 15 is 0 Å². The van der Waals surface area contributed by atoms with Crippen LogP contribution >= 0.6 is 0 Å². The van der Waals surface area contributed by atoms with E-state index in [0.717, 1.165) is 12.1 Å². The summed E-state index contributed by atoms with van der Waals surface area (Å²) in [6, 6.07) is 4.17. The van der Waals surface area contributed by atoms with E-state index in [0.29, 0.717) is 0 Å². The SMILES string of the molecule is CNCc1ccc2cncn2c1. The summed E-state index contributed by atoms with van der Waals surface area (Å²) in [5.74, 6) is 0. The summed E-state index contributed by atoms with van der Waals surface area (Å²) in [6.07, 6.45) is 5.75. The Morgan fingerprint density at radius 1 is 1.50 bits per heavy atom. The van der Waals surface area contributed by atoms with Gasteiger partial charge in [0.2, 0.25) is 0 Å². The molecule has 0 bridgehead atoms. The smallest absolute Gasteiger partial charge is 0.0992 e. The van der Waals surface area contributed by atoms with Crippen molar-refractivity contribution >= 4 is 5.52 Å². The first-order chi connectivity index (χ1) is 5.90. The number of fused-ring (bicyclic) bond motifs is 1. The van der Waals surface area contributed by atoms with E-state index < -0.39 is 0 Å². The average Bonchev–Trinajstić information content (AvgIpc) is 2.51. The second-order valence-corrected chi connectivity index (χ2v) is 2.79. The van der Waals surface area contributed by atoms with Gasteiger partial charge in [-0.1, -0.05) is 6.07 Å². The first-order valence-corrected chi connectivity index (χ1v) is 3.95. The number of hydrogen-bond donors (Lipinski definition) is 1. The van der Waals surface area contributed by atoms with Crippen LogP contribution in [0.5, 0.6) is 0 Å². The van der Waals surface area contributed by atoms with Crippen LogP contribution in [0.25, 0.3) is 5.52 Å². The molecule has 0 fully saturated rings. The predicted octanol–water partition coefficient (Wildman–Crippen LogP) is 1.05. The second-order valence-electron chi connectivity index (χ2n) is 2.79. The van der Waals surface area contributed by atoms with Crippen molar-refractivity contribution in [2.24, 2.45) is 0 Å². The summed E-state index contributed by atoms with van der Waals surface area (Å²) >= 11 is 0. The number of pyridine rings is 1. The molecule has 3 nitrogen and oxygen atoms in total. The molecule has 0 unspecified atom stereocenters. The van der Waals surface area contributed by atoms with Crippen molar-refractivity contribution in [1.29, 1.82) is 0 Å². The van der Waals surface area contributed by atoms with E-state index in [-0.39, 0.29) is 0 Å². The van der Waals surface area contributed by atoms with Crippen molar-refractivity contribution in [2.75, 3.05) is 7.05 Å². The Labute approximate surface area is 71.0 Å². The van der Waals surface area contributed by atoms with Crippen molar-refractivity contribution < 1.29 is 0 Å². The van der Waals surface area contributed by atoms with E-state index in [1.165, 1.54) is 5.56 Å². The zero-order chi connectivity index (χ0) is 8.39. The lowest BCUT2D eigenvalue weighted by atomic mass is 10.3. The zero-order valence-electron chi connectivity index (χ0n) is 6.99. The van der Waals surface area contributed by atoms with Gasteiger partial charge in [0.15, 0.2) is 0 Å². The third-order valence-electron chi connectivity index (χ3n) is 1.85. The molecule has 0 saturated heterocycles. The molecule has 0 radical (unpaired) electrons. The third kappa shape index (κ3) is 1.19. The van der Waals surface area contributed by atoms with Gasteiger partial charge in [-0.25, -0.2) is 4.98 Å². The van der Waals surface area contributed by atoms with Crippen LogP contribution in [-0.2, 0) is 6.54 Å². The number of hydrogen-bond acceptors (Lipinski definition) is 2. The molecule has 0 atom stereocenters. The third-order valence-corrected chi connectivity index (χ3v) is 1.85. The van der Waals surface area contributed by atoms with Gasteiger partial charge in [0.05, 0.1) is 18.0 Å². The van der Waals surface area contributed by atoms with Gasteiger partial charge in [-0.05, 0) is 18.7 Å². The number of rotatable bonds is 2. The quantitative estimate of drug-likeness (QED) is 0.713. The van der Waals surface area contributed by atoms with Gasteiger partial charge in [0, 0.05) is 12.7 Å². The highest BCUT2D eigenvalue weighted by Gasteiger charge is 1.93. The number of nitrogens with zero attached hydrogens (tertiary/aromatic N) is 2. The lowest BCUT2D eigenvalue weighted by molar-refractivity contribution is 0.811. The average molecular weight is 161 g/mol. The first-order valence-electron chi connectivity index (χ1n) is 3.95. The van der Waals surface area contributed by atoms with Crippen LogP contribution in [-0.4, -0.2) is 16.4 Å². The Hall–Kier alpha value is -1.35. The van der Waals surface area contributed by atoms with Crippen molar-refractivity contribution in [3.8, 4) is 0 Å². The Morgan fingerprint density at radius 2 is 2.42 bits per heavy atom. The summed E-state index contributed by atoms with van der Waals surface area (Å²) in [7, 11) is 1.94. The molecule has 62 valence electrons. The zero-order valence-corrected chi connectivity index (χ0v) is 6.99. The second kappa shape index (κ2) is 2.95. The van der Waals surface area contributed by atoms with E-state index in [2.05, 4.69) is 28.6 Å². The van der Waals surface area contributed by atoms with Crippen molar-refractivity contribution in [3.63, 3.8) is 0 Å². The molecule has 0 aliphatic rings. The molecule has 12 heavy (non-hydrogen) atoms. The van der Waals surface area contributed by atoms with E-state index in [1.807, 2.05) is 24.0 Å². The standard InChI is InChI=1S/C9H11N3/c1-10-4-8-2-3-9-5-11-7-12(9)6-8/h2-3,5-7,10H,4H2,1H3. The topological polar surface area (TPSA) is 29.3 Å². The van der Waals surface area contributed by atoms with Gasteiger partial charge in [-0.2, -0.15) is 0 Å². The molecular formula is C9H11N3. The summed E-state index contributed by atoms with van der Waals surface area (Å²) in [6.45, 7) is 0.897. The summed E-state index contributed by atoms with van der Waals surface area (Å²) in [5.41, 5.74) is 2.40. The Balaban J connectivity index is 2.46. The molecule has 2 rings (SSSR count). The van der Waals surface area contributed by atoms with Gasteiger partial charge in [-0.15, -0.1) is 0 Å². The number of aromatic nitrogens is 2. The number of nitrogens with one attached hydrogen (secondary N) is 1. The van der Waals surface area contributed by atoms with Crippen LogP contribution < -0.4 is 5.32 Å². The van der Waals surface area contributed by atoms with Crippen LogP contribution in [0.4, 0.5) is 0 Å². The monoisotopic (exact) mass is 161 g/mol. The molecule has 0 saturated carbocycles. The summed E-state index contributed by atoms with van der Waals surface area (Å²) in [5, 5.41) is 3.11. The van der Waals surface area contributed by atoms with Gasteiger partial charge < -0.3 is 9.72 Å². The van der Waals surface area contributed by atoms with Gasteiger partial charge in [0.1, 0.15) is 0 Å². The maximum absolute atomic E-state index is 4.05. The molecule has 2 aromatic heterocycles. The van der Waals surface area contributed by atoms with Crippen molar-refractivity contribution in [3.05, 3.63) is 36.4 Å². The minimum atomic E-state index is 0.897. The summed E-state index contributed by atoms with van der Waals surface area (Å²) < 4.78 is 2.02. The van der Waals surface area contributed by atoms with Crippen LogP contribution in [0.15, 0.2) is 30.9 Å². The lowest BCUT2D eigenvalue weighted by Crippen LogP contribution is -2.05. The maximum Gasteiger partial charge on any atom is 0.0992 e.